The normalized spacial score (nSPS) is 11.4. The zero-order valence-electron chi connectivity index (χ0n) is 18.8. The van der Waals surface area contributed by atoms with Crippen LogP contribution in [0.4, 0.5) is 11.4 Å². The Hall–Kier alpha value is -3.37. The molecular weight excluding hydrogens is 516 g/mol. The predicted molar refractivity (Wildman–Crippen MR) is 140 cm³/mol. The van der Waals surface area contributed by atoms with Crippen molar-refractivity contribution in [3.8, 4) is 22.6 Å². The number of hydrogen-bond donors (Lipinski definition) is 3. The maximum atomic E-state index is 13.0. The van der Waals surface area contributed by atoms with Crippen LogP contribution in [0.2, 0.25) is 0 Å². The summed E-state index contributed by atoms with van der Waals surface area (Å²) in [4.78, 5) is 39.4. The van der Waals surface area contributed by atoms with E-state index in [1.165, 1.54) is 11.3 Å². The monoisotopic (exact) mass is 538 g/mol. The van der Waals surface area contributed by atoms with Gasteiger partial charge in [-0.2, -0.15) is 0 Å². The molecule has 0 bridgehead atoms. The van der Waals surface area contributed by atoms with Crippen LogP contribution in [0.15, 0.2) is 48.8 Å². The van der Waals surface area contributed by atoms with E-state index in [9.17, 15) is 9.59 Å². The fourth-order valence-corrected chi connectivity index (χ4v) is 4.50. The quantitative estimate of drug-likeness (QED) is 0.311. The van der Waals surface area contributed by atoms with E-state index in [1.54, 1.807) is 18.5 Å². The Morgan fingerprint density at radius 1 is 1.09 bits per heavy atom. The largest absolute Gasteiger partial charge is 0.397 e. The molecule has 174 valence electrons. The van der Waals surface area contributed by atoms with Crippen LogP contribution in [0.1, 0.15) is 30.4 Å². The van der Waals surface area contributed by atoms with Crippen LogP contribution in [-0.4, -0.2) is 37.6 Å². The summed E-state index contributed by atoms with van der Waals surface area (Å²) in [5.74, 6) is 0.0604. The van der Waals surface area contributed by atoms with Gasteiger partial charge in [0, 0.05) is 34.7 Å². The summed E-state index contributed by atoms with van der Waals surface area (Å²) in [6.07, 6.45) is 3.34. The number of alkyl halides is 1. The highest BCUT2D eigenvalue weighted by atomic mass is 79.9. The van der Waals surface area contributed by atoms with Gasteiger partial charge in [0.1, 0.15) is 9.71 Å². The number of amides is 2. The molecule has 0 aliphatic heterocycles. The Balaban J connectivity index is 1.93. The molecule has 2 amide bonds. The molecule has 4 N–H and O–H groups in total. The van der Waals surface area contributed by atoms with Crippen molar-refractivity contribution in [3.05, 3.63) is 53.7 Å². The van der Waals surface area contributed by atoms with Gasteiger partial charge >= 0.3 is 0 Å². The number of hydrogen-bond acceptors (Lipinski definition) is 7. The number of thiophene rings is 1. The van der Waals surface area contributed by atoms with E-state index in [1.807, 2.05) is 51.1 Å². The van der Waals surface area contributed by atoms with Gasteiger partial charge in [0.05, 0.1) is 22.1 Å². The average molecular weight is 539 g/mol. The second-order valence-electron chi connectivity index (χ2n) is 8.62. The van der Waals surface area contributed by atoms with E-state index >= 15 is 0 Å². The standard InChI is InChI=1S/C24H23BrN6O2S/c1-24(2,3)31-22(33)20-18(26)17-19(14-5-4-6-15(11-14)28-16(32)12-25)29-21(30-23(17)34-20)13-7-9-27-10-8-13/h4-11H,12,26H2,1-3H3,(H,28,32)(H,31,33). The maximum absolute atomic E-state index is 13.0. The first-order chi connectivity index (χ1) is 16.2. The number of rotatable bonds is 5. The molecule has 0 fully saturated rings. The molecule has 0 atom stereocenters. The number of nitrogens with one attached hydrogen (secondary N) is 2. The highest BCUT2D eigenvalue weighted by Crippen LogP contribution is 2.40. The first-order valence-corrected chi connectivity index (χ1v) is 12.4. The second kappa shape index (κ2) is 9.47. The fraction of sp³-hybridized carbons (Fsp3) is 0.208. The number of fused-ring (bicyclic) bond motifs is 1. The molecule has 0 aliphatic carbocycles. The predicted octanol–water partition coefficient (Wildman–Crippen LogP) is 4.86. The van der Waals surface area contributed by atoms with Crippen LogP contribution in [0.5, 0.6) is 0 Å². The van der Waals surface area contributed by atoms with Crippen molar-refractivity contribution < 1.29 is 9.59 Å². The van der Waals surface area contributed by atoms with Crippen molar-refractivity contribution in [3.63, 3.8) is 0 Å². The minimum atomic E-state index is -0.418. The van der Waals surface area contributed by atoms with E-state index in [0.717, 1.165) is 11.1 Å². The Morgan fingerprint density at radius 2 is 1.82 bits per heavy atom. The summed E-state index contributed by atoms with van der Waals surface area (Å²) in [6.45, 7) is 5.73. The molecule has 4 aromatic rings. The van der Waals surface area contributed by atoms with Crippen molar-refractivity contribution >= 4 is 60.7 Å². The molecular formula is C24H23BrN6O2S. The summed E-state index contributed by atoms with van der Waals surface area (Å²) >= 11 is 4.39. The lowest BCUT2D eigenvalue weighted by Crippen LogP contribution is -2.40. The van der Waals surface area contributed by atoms with Gasteiger partial charge in [-0.1, -0.05) is 28.1 Å². The van der Waals surface area contributed by atoms with Gasteiger partial charge in [-0.3, -0.25) is 14.6 Å². The maximum Gasteiger partial charge on any atom is 0.263 e. The Labute approximate surface area is 209 Å². The molecule has 34 heavy (non-hydrogen) atoms. The molecule has 0 saturated heterocycles. The first-order valence-electron chi connectivity index (χ1n) is 10.5. The second-order valence-corrected chi connectivity index (χ2v) is 10.2. The van der Waals surface area contributed by atoms with Crippen molar-refractivity contribution in [2.45, 2.75) is 26.3 Å². The number of pyridine rings is 1. The van der Waals surface area contributed by atoms with Gasteiger partial charge in [0.15, 0.2) is 5.82 Å². The summed E-state index contributed by atoms with van der Waals surface area (Å²) in [6, 6.07) is 11.0. The number of anilines is 2. The van der Waals surface area contributed by atoms with Crippen LogP contribution in [-0.2, 0) is 4.79 Å². The lowest BCUT2D eigenvalue weighted by Gasteiger charge is -2.20. The van der Waals surface area contributed by atoms with Crippen LogP contribution in [0.3, 0.4) is 0 Å². The Bertz CT molecular complexity index is 1380. The molecule has 8 nitrogen and oxygen atoms in total. The lowest BCUT2D eigenvalue weighted by atomic mass is 10.1. The van der Waals surface area contributed by atoms with E-state index in [4.69, 9.17) is 15.7 Å². The van der Waals surface area contributed by atoms with Crippen molar-refractivity contribution in [1.29, 1.82) is 0 Å². The van der Waals surface area contributed by atoms with Gasteiger partial charge in [-0.25, -0.2) is 9.97 Å². The van der Waals surface area contributed by atoms with E-state index < -0.39 is 5.54 Å². The molecule has 3 heterocycles. The summed E-state index contributed by atoms with van der Waals surface area (Å²) < 4.78 is 0. The van der Waals surface area contributed by atoms with Gasteiger partial charge < -0.3 is 16.4 Å². The zero-order chi connectivity index (χ0) is 24.5. The molecule has 3 aromatic heterocycles. The first kappa shape index (κ1) is 23.8. The molecule has 10 heteroatoms. The zero-order valence-corrected chi connectivity index (χ0v) is 21.3. The smallest absolute Gasteiger partial charge is 0.263 e. The van der Waals surface area contributed by atoms with E-state index in [0.29, 0.717) is 38.0 Å². The summed E-state index contributed by atoms with van der Waals surface area (Å²) in [5, 5.41) is 6.58. The Morgan fingerprint density at radius 3 is 2.50 bits per heavy atom. The van der Waals surface area contributed by atoms with E-state index in [-0.39, 0.29) is 17.1 Å². The number of halogens is 1. The number of nitrogen functional groups attached to an aromatic ring is 1. The molecule has 4 rings (SSSR count). The van der Waals surface area contributed by atoms with Gasteiger partial charge in [-0.05, 0) is 45.0 Å². The number of benzene rings is 1. The van der Waals surface area contributed by atoms with Crippen LogP contribution >= 0.6 is 27.3 Å². The lowest BCUT2D eigenvalue weighted by molar-refractivity contribution is -0.113. The molecule has 1 aromatic carbocycles. The van der Waals surface area contributed by atoms with Gasteiger partial charge in [0.2, 0.25) is 5.91 Å². The molecule has 0 radical (unpaired) electrons. The van der Waals surface area contributed by atoms with Crippen LogP contribution in [0, 0.1) is 0 Å². The third kappa shape index (κ3) is 5.07. The third-order valence-electron chi connectivity index (χ3n) is 4.76. The number of carbonyl (C=O) groups excluding carboxylic acids is 2. The highest BCUT2D eigenvalue weighted by Gasteiger charge is 2.25. The number of nitrogens with zero attached hydrogens (tertiary/aromatic N) is 3. The fourth-order valence-electron chi connectivity index (χ4n) is 3.37. The van der Waals surface area contributed by atoms with Crippen LogP contribution in [0.25, 0.3) is 32.9 Å². The van der Waals surface area contributed by atoms with Crippen molar-refractivity contribution in [2.75, 3.05) is 16.4 Å². The van der Waals surface area contributed by atoms with Gasteiger partial charge in [-0.15, -0.1) is 11.3 Å². The van der Waals surface area contributed by atoms with Crippen molar-refractivity contribution in [2.24, 2.45) is 0 Å². The Kier molecular flexibility index (Phi) is 6.63. The molecule has 0 unspecified atom stereocenters. The molecule has 0 aliphatic rings. The van der Waals surface area contributed by atoms with Crippen molar-refractivity contribution in [1.82, 2.24) is 20.3 Å². The molecule has 0 saturated carbocycles. The topological polar surface area (TPSA) is 123 Å². The number of carbonyl (C=O) groups is 2. The minimum Gasteiger partial charge on any atom is -0.397 e. The highest BCUT2D eigenvalue weighted by molar-refractivity contribution is 9.09. The molecule has 0 spiro atoms. The third-order valence-corrected chi connectivity index (χ3v) is 6.37. The summed E-state index contributed by atoms with van der Waals surface area (Å²) in [5.41, 5.74) is 9.15. The number of aromatic nitrogens is 3. The average Bonchev–Trinajstić information content (AvgIpc) is 3.14. The van der Waals surface area contributed by atoms with E-state index in [2.05, 4.69) is 31.5 Å². The summed E-state index contributed by atoms with van der Waals surface area (Å²) in [7, 11) is 0. The van der Waals surface area contributed by atoms with Gasteiger partial charge in [0.25, 0.3) is 5.91 Å². The SMILES string of the molecule is CC(C)(C)NC(=O)c1sc2nc(-c3ccncc3)nc(-c3cccc(NC(=O)CBr)c3)c2c1N. The number of nitrogens with two attached hydrogens (primary N) is 1. The minimum absolute atomic E-state index is 0.168. The van der Waals surface area contributed by atoms with Crippen LogP contribution < -0.4 is 16.4 Å².